The second-order valence-electron chi connectivity index (χ2n) is 4.00. The summed E-state index contributed by atoms with van der Waals surface area (Å²) in [4.78, 5) is 4.00. The number of benzene rings is 1. The summed E-state index contributed by atoms with van der Waals surface area (Å²) >= 11 is 0. The van der Waals surface area contributed by atoms with Crippen LogP contribution in [0.5, 0.6) is 0 Å². The predicted molar refractivity (Wildman–Crippen MR) is 67.1 cm³/mol. The molecule has 3 N–H and O–H groups in total. The van der Waals surface area contributed by atoms with E-state index in [1.807, 2.05) is 13.0 Å². The van der Waals surface area contributed by atoms with Crippen LogP contribution in [0, 0.1) is 18.6 Å². The fraction of sp³-hybridized carbons (Fsp3) is 0.154. The monoisotopic (exact) mass is 249 g/mol. The van der Waals surface area contributed by atoms with E-state index < -0.39 is 11.6 Å². The minimum atomic E-state index is -0.764. The molecule has 1 aromatic heterocycles. The molecule has 0 aliphatic rings. The molecule has 0 amide bonds. The van der Waals surface area contributed by atoms with Crippen molar-refractivity contribution < 1.29 is 8.78 Å². The minimum Gasteiger partial charge on any atom is -0.395 e. The van der Waals surface area contributed by atoms with Gasteiger partial charge in [0.25, 0.3) is 0 Å². The number of nitrogen functional groups attached to an aromatic ring is 1. The number of pyridine rings is 1. The highest BCUT2D eigenvalue weighted by molar-refractivity contribution is 5.66. The van der Waals surface area contributed by atoms with Gasteiger partial charge >= 0.3 is 0 Å². The number of aryl methyl sites for hydroxylation is 1. The van der Waals surface area contributed by atoms with Crippen molar-refractivity contribution in [2.24, 2.45) is 0 Å². The third-order valence-electron chi connectivity index (χ3n) is 2.71. The maximum Gasteiger partial charge on any atom is 0.151 e. The molecule has 18 heavy (non-hydrogen) atoms. The second kappa shape index (κ2) is 5.00. The zero-order valence-electron chi connectivity index (χ0n) is 9.87. The van der Waals surface area contributed by atoms with Gasteiger partial charge < -0.3 is 11.1 Å². The van der Waals surface area contributed by atoms with Gasteiger partial charge in [0, 0.05) is 25.0 Å². The number of nitrogens with one attached hydrogen (secondary N) is 1. The lowest BCUT2D eigenvalue weighted by Crippen LogP contribution is -2.06. The molecule has 2 aromatic rings. The normalized spacial score (nSPS) is 10.4. The number of hydrogen-bond acceptors (Lipinski definition) is 3. The molecule has 2 rings (SSSR count). The van der Waals surface area contributed by atoms with Crippen LogP contribution in [0.2, 0.25) is 0 Å². The Labute approximate surface area is 104 Å². The molecule has 3 nitrogen and oxygen atoms in total. The van der Waals surface area contributed by atoms with Crippen molar-refractivity contribution in [2.75, 3.05) is 11.1 Å². The maximum absolute atomic E-state index is 13.2. The van der Waals surface area contributed by atoms with Crippen LogP contribution in [-0.2, 0) is 6.54 Å². The fourth-order valence-corrected chi connectivity index (χ4v) is 1.60. The van der Waals surface area contributed by atoms with Crippen molar-refractivity contribution in [1.29, 1.82) is 0 Å². The van der Waals surface area contributed by atoms with Crippen LogP contribution >= 0.6 is 0 Å². The lowest BCUT2D eigenvalue weighted by Gasteiger charge is -2.11. The van der Waals surface area contributed by atoms with Gasteiger partial charge in [0.2, 0.25) is 0 Å². The molecule has 0 atom stereocenters. The van der Waals surface area contributed by atoms with E-state index in [-0.39, 0.29) is 11.4 Å². The molecule has 94 valence electrons. The standard InChI is InChI=1S/C13H13F2N3/c1-8-2-3-17-6-9(8)7-18-12-5-10(14)4-11(15)13(12)16/h2-6,18H,7,16H2,1H3. The Balaban J connectivity index is 2.18. The highest BCUT2D eigenvalue weighted by Gasteiger charge is 2.08. The van der Waals surface area contributed by atoms with Gasteiger partial charge in [0.15, 0.2) is 5.82 Å². The number of aromatic nitrogens is 1. The van der Waals surface area contributed by atoms with Crippen LogP contribution in [0.1, 0.15) is 11.1 Å². The van der Waals surface area contributed by atoms with E-state index in [1.54, 1.807) is 12.4 Å². The van der Waals surface area contributed by atoms with E-state index in [1.165, 1.54) is 6.07 Å². The molecule has 0 bridgehead atoms. The van der Waals surface area contributed by atoms with Crippen LogP contribution < -0.4 is 11.1 Å². The van der Waals surface area contributed by atoms with Crippen molar-refractivity contribution in [3.8, 4) is 0 Å². The Kier molecular flexibility index (Phi) is 3.41. The molecule has 1 aromatic carbocycles. The molecule has 0 saturated heterocycles. The van der Waals surface area contributed by atoms with Crippen molar-refractivity contribution in [3.05, 3.63) is 53.4 Å². The molecule has 0 saturated carbocycles. The first-order valence-electron chi connectivity index (χ1n) is 5.46. The number of anilines is 2. The number of rotatable bonds is 3. The Morgan fingerprint density at radius 1 is 1.33 bits per heavy atom. The van der Waals surface area contributed by atoms with Crippen LogP contribution in [-0.4, -0.2) is 4.98 Å². The van der Waals surface area contributed by atoms with Gasteiger partial charge in [-0.25, -0.2) is 8.78 Å². The van der Waals surface area contributed by atoms with E-state index in [2.05, 4.69) is 10.3 Å². The van der Waals surface area contributed by atoms with Gasteiger partial charge in [-0.3, -0.25) is 4.98 Å². The molecule has 0 spiro atoms. The predicted octanol–water partition coefficient (Wildman–Crippen LogP) is 2.86. The molecular formula is C13H13F2N3. The minimum absolute atomic E-state index is 0.0852. The van der Waals surface area contributed by atoms with E-state index in [0.717, 1.165) is 17.2 Å². The Hall–Kier alpha value is -2.17. The topological polar surface area (TPSA) is 50.9 Å². The first kappa shape index (κ1) is 12.3. The smallest absolute Gasteiger partial charge is 0.151 e. The van der Waals surface area contributed by atoms with Gasteiger partial charge in [0.1, 0.15) is 5.82 Å². The summed E-state index contributed by atoms with van der Waals surface area (Å²) in [5, 5.41) is 2.91. The summed E-state index contributed by atoms with van der Waals surface area (Å²) < 4.78 is 26.3. The molecule has 0 aliphatic heterocycles. The summed E-state index contributed by atoms with van der Waals surface area (Å²) in [6, 6.07) is 3.80. The quantitative estimate of drug-likeness (QED) is 0.822. The SMILES string of the molecule is Cc1ccncc1CNc1cc(F)cc(F)c1N. The maximum atomic E-state index is 13.2. The highest BCUT2D eigenvalue weighted by atomic mass is 19.1. The number of hydrogen-bond donors (Lipinski definition) is 2. The average Bonchev–Trinajstić information content (AvgIpc) is 2.33. The van der Waals surface area contributed by atoms with Crippen molar-refractivity contribution in [2.45, 2.75) is 13.5 Å². The molecule has 0 fully saturated rings. The van der Waals surface area contributed by atoms with Gasteiger partial charge in [-0.15, -0.1) is 0 Å². The Bertz CT molecular complexity index is 570. The van der Waals surface area contributed by atoms with Gasteiger partial charge in [-0.05, 0) is 30.2 Å². The lowest BCUT2D eigenvalue weighted by molar-refractivity contribution is 0.587. The largest absolute Gasteiger partial charge is 0.395 e. The summed E-state index contributed by atoms with van der Waals surface area (Å²) in [5.41, 5.74) is 7.69. The molecule has 0 aliphatic carbocycles. The average molecular weight is 249 g/mol. The van der Waals surface area contributed by atoms with Crippen molar-refractivity contribution in [1.82, 2.24) is 4.98 Å². The molecule has 1 heterocycles. The van der Waals surface area contributed by atoms with Crippen molar-refractivity contribution >= 4 is 11.4 Å². The highest BCUT2D eigenvalue weighted by Crippen LogP contribution is 2.24. The third-order valence-corrected chi connectivity index (χ3v) is 2.71. The van der Waals surface area contributed by atoms with Crippen molar-refractivity contribution in [3.63, 3.8) is 0 Å². The van der Waals surface area contributed by atoms with Crippen LogP contribution in [0.25, 0.3) is 0 Å². The summed E-state index contributed by atoms with van der Waals surface area (Å²) in [6.45, 7) is 2.35. The number of nitrogens with zero attached hydrogens (tertiary/aromatic N) is 1. The summed E-state index contributed by atoms with van der Waals surface area (Å²) in [6.07, 6.45) is 3.39. The molecule has 0 unspecified atom stereocenters. The number of nitrogens with two attached hydrogens (primary N) is 1. The van der Waals surface area contributed by atoms with E-state index in [0.29, 0.717) is 6.54 Å². The van der Waals surface area contributed by atoms with Crippen LogP contribution in [0.3, 0.4) is 0 Å². The zero-order chi connectivity index (χ0) is 13.1. The van der Waals surface area contributed by atoms with Crippen LogP contribution in [0.15, 0.2) is 30.6 Å². The summed E-state index contributed by atoms with van der Waals surface area (Å²) in [5.74, 6) is -1.42. The Morgan fingerprint density at radius 2 is 2.11 bits per heavy atom. The van der Waals surface area contributed by atoms with E-state index >= 15 is 0 Å². The van der Waals surface area contributed by atoms with E-state index in [9.17, 15) is 8.78 Å². The van der Waals surface area contributed by atoms with Crippen LogP contribution in [0.4, 0.5) is 20.2 Å². The summed E-state index contributed by atoms with van der Waals surface area (Å²) in [7, 11) is 0. The molecular weight excluding hydrogens is 236 g/mol. The third kappa shape index (κ3) is 2.56. The first-order valence-corrected chi connectivity index (χ1v) is 5.46. The van der Waals surface area contributed by atoms with Gasteiger partial charge in [-0.1, -0.05) is 0 Å². The first-order chi connectivity index (χ1) is 8.58. The molecule has 5 heteroatoms. The lowest BCUT2D eigenvalue weighted by atomic mass is 10.1. The molecule has 0 radical (unpaired) electrons. The Morgan fingerprint density at radius 3 is 2.83 bits per heavy atom. The van der Waals surface area contributed by atoms with Gasteiger partial charge in [-0.2, -0.15) is 0 Å². The fourth-order valence-electron chi connectivity index (χ4n) is 1.60. The van der Waals surface area contributed by atoms with Gasteiger partial charge in [0.05, 0.1) is 11.4 Å². The second-order valence-corrected chi connectivity index (χ2v) is 4.00. The van der Waals surface area contributed by atoms with E-state index in [4.69, 9.17) is 5.73 Å². The zero-order valence-corrected chi connectivity index (χ0v) is 9.87. The number of halogens is 2.